The maximum absolute atomic E-state index is 12.7. The molecule has 0 bridgehead atoms. The molecule has 1 amide bonds. The standard InChI is InChI=1S/C14H20F3N3O5S/c1-9-12(10(2)25-18-9)26(23,24)20-6-4-19(5-7-20)11(21)8-13(3,22)14(15,16)17/h22H,4-8H2,1-3H3/t13-/m1/s1. The van der Waals surface area contributed by atoms with Crippen LogP contribution < -0.4 is 0 Å². The predicted octanol–water partition coefficient (Wildman–Crippen LogP) is 0.828. The third kappa shape index (κ3) is 3.86. The van der Waals surface area contributed by atoms with E-state index in [1.807, 2.05) is 0 Å². The van der Waals surface area contributed by atoms with Crippen LogP contribution in [0.3, 0.4) is 0 Å². The molecule has 1 fully saturated rings. The van der Waals surface area contributed by atoms with Crippen LogP contribution in [0.2, 0.25) is 0 Å². The van der Waals surface area contributed by atoms with Crippen LogP contribution in [0.25, 0.3) is 0 Å². The predicted molar refractivity (Wildman–Crippen MR) is 82.6 cm³/mol. The summed E-state index contributed by atoms with van der Waals surface area (Å²) in [5.74, 6) is -0.746. The molecule has 12 heteroatoms. The summed E-state index contributed by atoms with van der Waals surface area (Å²) < 4.78 is 69.4. The van der Waals surface area contributed by atoms with Gasteiger partial charge in [-0.1, -0.05) is 5.16 Å². The molecule has 1 saturated heterocycles. The van der Waals surface area contributed by atoms with E-state index in [-0.39, 0.29) is 42.5 Å². The Morgan fingerprint density at radius 2 is 1.77 bits per heavy atom. The number of carbonyl (C=O) groups excluding carboxylic acids is 1. The third-order valence-electron chi connectivity index (χ3n) is 4.26. The van der Waals surface area contributed by atoms with Crippen molar-refractivity contribution in [2.75, 3.05) is 26.2 Å². The van der Waals surface area contributed by atoms with E-state index in [0.29, 0.717) is 6.92 Å². The van der Waals surface area contributed by atoms with Gasteiger partial charge in [0.05, 0.1) is 6.42 Å². The van der Waals surface area contributed by atoms with Crippen molar-refractivity contribution in [1.82, 2.24) is 14.4 Å². The van der Waals surface area contributed by atoms with Gasteiger partial charge in [0.1, 0.15) is 10.6 Å². The minimum Gasteiger partial charge on any atom is -0.380 e. The first-order valence-electron chi connectivity index (χ1n) is 7.77. The highest BCUT2D eigenvalue weighted by molar-refractivity contribution is 7.89. The zero-order valence-electron chi connectivity index (χ0n) is 14.5. The lowest BCUT2D eigenvalue weighted by molar-refractivity contribution is -0.254. The van der Waals surface area contributed by atoms with Gasteiger partial charge in [-0.05, 0) is 20.8 Å². The van der Waals surface area contributed by atoms with E-state index in [0.717, 1.165) is 9.21 Å². The summed E-state index contributed by atoms with van der Waals surface area (Å²) in [7, 11) is -3.88. The van der Waals surface area contributed by atoms with Crippen LogP contribution in [0, 0.1) is 13.8 Å². The molecule has 2 heterocycles. The molecule has 0 aliphatic carbocycles. The lowest BCUT2D eigenvalue weighted by Crippen LogP contribution is -2.53. The van der Waals surface area contributed by atoms with Crippen molar-refractivity contribution >= 4 is 15.9 Å². The summed E-state index contributed by atoms with van der Waals surface area (Å²) in [5, 5.41) is 13.0. The van der Waals surface area contributed by atoms with Crippen molar-refractivity contribution in [2.24, 2.45) is 0 Å². The Bertz CT molecular complexity index is 761. The number of hydrogen-bond donors (Lipinski definition) is 1. The highest BCUT2D eigenvalue weighted by atomic mass is 32.2. The average Bonchev–Trinajstić information content (AvgIpc) is 2.85. The van der Waals surface area contributed by atoms with Gasteiger partial charge in [-0.2, -0.15) is 17.5 Å². The smallest absolute Gasteiger partial charge is 0.380 e. The van der Waals surface area contributed by atoms with Gasteiger partial charge < -0.3 is 14.5 Å². The Balaban J connectivity index is 2.04. The van der Waals surface area contributed by atoms with Crippen molar-refractivity contribution in [2.45, 2.75) is 43.9 Å². The summed E-state index contributed by atoms with van der Waals surface area (Å²) in [4.78, 5) is 13.1. The molecule has 0 unspecified atom stereocenters. The molecule has 0 radical (unpaired) electrons. The molecule has 0 saturated carbocycles. The average molecular weight is 399 g/mol. The molecule has 8 nitrogen and oxygen atoms in total. The van der Waals surface area contributed by atoms with Gasteiger partial charge in [-0.3, -0.25) is 4.79 Å². The van der Waals surface area contributed by atoms with E-state index >= 15 is 0 Å². The Morgan fingerprint density at radius 1 is 1.23 bits per heavy atom. The summed E-state index contributed by atoms with van der Waals surface area (Å²) in [6, 6.07) is 0. The number of aliphatic hydroxyl groups is 1. The van der Waals surface area contributed by atoms with Crippen molar-refractivity contribution in [3.63, 3.8) is 0 Å². The van der Waals surface area contributed by atoms with E-state index in [1.165, 1.54) is 13.8 Å². The second-order valence-corrected chi connectivity index (χ2v) is 8.26. The SMILES string of the molecule is Cc1noc(C)c1S(=O)(=O)N1CCN(C(=O)C[C@@](C)(O)C(F)(F)F)CC1. The van der Waals surface area contributed by atoms with Gasteiger partial charge in [-0.15, -0.1) is 0 Å². The number of nitrogens with zero attached hydrogens (tertiary/aromatic N) is 3. The quantitative estimate of drug-likeness (QED) is 0.804. The second kappa shape index (κ2) is 6.82. The number of amides is 1. The van der Waals surface area contributed by atoms with Crippen LogP contribution in [0.1, 0.15) is 24.8 Å². The number of hydrogen-bond acceptors (Lipinski definition) is 6. The van der Waals surface area contributed by atoms with E-state index in [2.05, 4.69) is 5.16 Å². The van der Waals surface area contributed by atoms with Crippen molar-refractivity contribution < 1.29 is 36.0 Å². The molecule has 1 N–H and O–H groups in total. The third-order valence-corrected chi connectivity index (χ3v) is 6.41. The zero-order chi connectivity index (χ0) is 19.9. The fraction of sp³-hybridized carbons (Fsp3) is 0.714. The van der Waals surface area contributed by atoms with E-state index in [4.69, 9.17) is 4.52 Å². The number of sulfonamides is 1. The van der Waals surface area contributed by atoms with Crippen LogP contribution in [0.5, 0.6) is 0 Å². The summed E-state index contributed by atoms with van der Waals surface area (Å²) in [6.07, 6.45) is -6.05. The molecular formula is C14H20F3N3O5S. The van der Waals surface area contributed by atoms with Gasteiger partial charge in [0, 0.05) is 26.2 Å². The molecular weight excluding hydrogens is 379 g/mol. The molecule has 1 atom stereocenters. The second-order valence-electron chi connectivity index (χ2n) is 6.39. The molecule has 26 heavy (non-hydrogen) atoms. The number of aryl methyl sites for hydroxylation is 2. The highest BCUT2D eigenvalue weighted by Gasteiger charge is 2.51. The minimum atomic E-state index is -4.93. The fourth-order valence-corrected chi connectivity index (χ4v) is 4.37. The maximum atomic E-state index is 12.7. The first-order chi connectivity index (χ1) is 11.8. The van der Waals surface area contributed by atoms with Gasteiger partial charge in [0.2, 0.25) is 15.9 Å². The van der Waals surface area contributed by atoms with E-state index in [1.54, 1.807) is 0 Å². The molecule has 1 aliphatic heterocycles. The van der Waals surface area contributed by atoms with Crippen molar-refractivity contribution in [3.8, 4) is 0 Å². The number of aromatic nitrogens is 1. The summed E-state index contributed by atoms with van der Waals surface area (Å²) >= 11 is 0. The summed E-state index contributed by atoms with van der Waals surface area (Å²) in [5.41, 5.74) is -2.92. The Kier molecular flexibility index (Phi) is 5.41. The first kappa shape index (κ1) is 20.6. The number of carbonyl (C=O) groups is 1. The number of piperazine rings is 1. The first-order valence-corrected chi connectivity index (χ1v) is 9.21. The maximum Gasteiger partial charge on any atom is 0.417 e. The van der Waals surface area contributed by atoms with Crippen molar-refractivity contribution in [1.29, 1.82) is 0 Å². The van der Waals surface area contributed by atoms with Crippen LogP contribution in [-0.4, -0.2) is 71.7 Å². The van der Waals surface area contributed by atoms with Crippen LogP contribution in [0.4, 0.5) is 13.2 Å². The molecule has 0 aromatic carbocycles. The summed E-state index contributed by atoms with van der Waals surface area (Å²) in [6.45, 7) is 3.18. The fourth-order valence-electron chi connectivity index (χ4n) is 2.66. The zero-order valence-corrected chi connectivity index (χ0v) is 15.3. The van der Waals surface area contributed by atoms with Crippen LogP contribution in [0.15, 0.2) is 9.42 Å². The molecule has 1 aromatic heterocycles. The lowest BCUT2D eigenvalue weighted by Gasteiger charge is -2.35. The molecule has 148 valence electrons. The van der Waals surface area contributed by atoms with Gasteiger partial charge in [0.25, 0.3) is 0 Å². The van der Waals surface area contributed by atoms with Crippen LogP contribution in [-0.2, 0) is 14.8 Å². The molecule has 1 aliphatic rings. The molecule has 0 spiro atoms. The Hall–Kier alpha value is -1.66. The van der Waals surface area contributed by atoms with Gasteiger partial charge in [-0.25, -0.2) is 8.42 Å². The number of halogens is 3. The normalized spacial score (nSPS) is 19.4. The van der Waals surface area contributed by atoms with Crippen molar-refractivity contribution in [3.05, 3.63) is 11.5 Å². The molecule has 1 aromatic rings. The topological polar surface area (TPSA) is 104 Å². The largest absolute Gasteiger partial charge is 0.417 e. The van der Waals surface area contributed by atoms with E-state index in [9.17, 15) is 31.5 Å². The minimum absolute atomic E-state index is 0.0442. The Labute approximate surface area is 148 Å². The van der Waals surface area contributed by atoms with Crippen LogP contribution >= 0.6 is 0 Å². The van der Waals surface area contributed by atoms with Gasteiger partial charge in [0.15, 0.2) is 11.4 Å². The lowest BCUT2D eigenvalue weighted by atomic mass is 10.0. The monoisotopic (exact) mass is 399 g/mol. The van der Waals surface area contributed by atoms with Gasteiger partial charge >= 0.3 is 6.18 Å². The molecule has 2 rings (SSSR count). The van der Waals surface area contributed by atoms with E-state index < -0.39 is 34.1 Å². The number of rotatable bonds is 4. The number of alkyl halides is 3. The Morgan fingerprint density at radius 3 is 2.19 bits per heavy atom. The highest BCUT2D eigenvalue weighted by Crippen LogP contribution is 2.33.